The number of carboxylic acid groups (broad SMARTS) is 1. The van der Waals surface area contributed by atoms with E-state index >= 15 is 0 Å². The maximum absolute atomic E-state index is 10.7. The highest BCUT2D eigenvalue weighted by Crippen LogP contribution is 2.08. The molecule has 1 aromatic carbocycles. The Morgan fingerprint density at radius 3 is 2.86 bits per heavy atom. The van der Waals surface area contributed by atoms with E-state index in [-0.39, 0.29) is 6.04 Å². The molecule has 0 bridgehead atoms. The summed E-state index contributed by atoms with van der Waals surface area (Å²) in [6.07, 6.45) is 1.71. The summed E-state index contributed by atoms with van der Waals surface area (Å²) in [6.45, 7) is 1.95. The molecule has 3 N–H and O–H groups in total. The standard InChI is InChI=1S/C11H15NO2/c1-8(12)5-6-9-3-2-4-10(7-9)11(13)14/h2-4,7-8H,5-6,12H2,1H3,(H,13,14). The summed E-state index contributed by atoms with van der Waals surface area (Å²) in [6, 6.07) is 7.14. The smallest absolute Gasteiger partial charge is 0.335 e. The van der Waals surface area contributed by atoms with Crippen molar-refractivity contribution >= 4 is 5.97 Å². The fourth-order valence-corrected chi connectivity index (χ4v) is 1.25. The second kappa shape index (κ2) is 4.77. The Labute approximate surface area is 83.6 Å². The van der Waals surface area contributed by atoms with E-state index in [1.165, 1.54) is 0 Å². The molecule has 0 aliphatic carbocycles. The van der Waals surface area contributed by atoms with E-state index in [0.717, 1.165) is 18.4 Å². The van der Waals surface area contributed by atoms with Crippen LogP contribution >= 0.6 is 0 Å². The van der Waals surface area contributed by atoms with Crippen LogP contribution < -0.4 is 5.73 Å². The van der Waals surface area contributed by atoms with Gasteiger partial charge in [0.15, 0.2) is 0 Å². The molecule has 1 aromatic rings. The molecule has 14 heavy (non-hydrogen) atoms. The van der Waals surface area contributed by atoms with E-state index < -0.39 is 5.97 Å². The minimum Gasteiger partial charge on any atom is -0.478 e. The third-order valence-electron chi connectivity index (χ3n) is 2.06. The number of carboxylic acids is 1. The van der Waals surface area contributed by atoms with Crippen molar-refractivity contribution in [3.63, 3.8) is 0 Å². The van der Waals surface area contributed by atoms with Crippen LogP contribution in [0.4, 0.5) is 0 Å². The zero-order valence-electron chi connectivity index (χ0n) is 8.23. The Balaban J connectivity index is 2.69. The van der Waals surface area contributed by atoms with Gasteiger partial charge in [0, 0.05) is 6.04 Å². The lowest BCUT2D eigenvalue weighted by Crippen LogP contribution is -2.15. The minimum absolute atomic E-state index is 0.156. The summed E-state index contributed by atoms with van der Waals surface area (Å²) >= 11 is 0. The van der Waals surface area contributed by atoms with Gasteiger partial charge in [-0.1, -0.05) is 12.1 Å². The quantitative estimate of drug-likeness (QED) is 0.764. The number of aryl methyl sites for hydroxylation is 1. The summed E-state index contributed by atoms with van der Waals surface area (Å²) in [7, 11) is 0. The largest absolute Gasteiger partial charge is 0.478 e. The van der Waals surface area contributed by atoms with Crippen molar-refractivity contribution in [3.8, 4) is 0 Å². The van der Waals surface area contributed by atoms with Crippen LogP contribution in [0.2, 0.25) is 0 Å². The molecular formula is C11H15NO2. The van der Waals surface area contributed by atoms with Gasteiger partial charge in [0.25, 0.3) is 0 Å². The van der Waals surface area contributed by atoms with Crippen molar-refractivity contribution in [2.45, 2.75) is 25.8 Å². The molecule has 76 valence electrons. The SMILES string of the molecule is CC(N)CCc1cccc(C(=O)O)c1. The monoisotopic (exact) mass is 193 g/mol. The molecule has 0 saturated heterocycles. The summed E-state index contributed by atoms with van der Waals surface area (Å²) < 4.78 is 0. The Kier molecular flexibility index (Phi) is 3.65. The second-order valence-corrected chi connectivity index (χ2v) is 3.52. The van der Waals surface area contributed by atoms with E-state index in [2.05, 4.69) is 0 Å². The van der Waals surface area contributed by atoms with Gasteiger partial charge in [-0.25, -0.2) is 4.79 Å². The molecule has 0 spiro atoms. The highest BCUT2D eigenvalue weighted by Gasteiger charge is 2.03. The summed E-state index contributed by atoms with van der Waals surface area (Å²) in [4.78, 5) is 10.7. The van der Waals surface area contributed by atoms with E-state index in [1.54, 1.807) is 18.2 Å². The lowest BCUT2D eigenvalue weighted by molar-refractivity contribution is 0.0697. The number of aromatic carboxylic acids is 1. The van der Waals surface area contributed by atoms with Crippen molar-refractivity contribution in [1.82, 2.24) is 0 Å². The maximum atomic E-state index is 10.7. The number of hydrogen-bond acceptors (Lipinski definition) is 2. The zero-order chi connectivity index (χ0) is 10.6. The first-order valence-electron chi connectivity index (χ1n) is 4.67. The number of benzene rings is 1. The first kappa shape index (κ1) is 10.7. The van der Waals surface area contributed by atoms with Gasteiger partial charge in [0.1, 0.15) is 0 Å². The van der Waals surface area contributed by atoms with Gasteiger partial charge >= 0.3 is 5.97 Å². The lowest BCUT2D eigenvalue weighted by atomic mass is 10.0. The molecule has 0 fully saturated rings. The molecule has 1 atom stereocenters. The normalized spacial score (nSPS) is 12.4. The highest BCUT2D eigenvalue weighted by atomic mass is 16.4. The van der Waals surface area contributed by atoms with Crippen LogP contribution in [0.25, 0.3) is 0 Å². The predicted molar refractivity (Wildman–Crippen MR) is 55.4 cm³/mol. The Morgan fingerprint density at radius 1 is 1.57 bits per heavy atom. The van der Waals surface area contributed by atoms with Crippen LogP contribution in [-0.2, 0) is 6.42 Å². The van der Waals surface area contributed by atoms with Gasteiger partial charge in [-0.2, -0.15) is 0 Å². The average Bonchev–Trinajstić information content (AvgIpc) is 2.15. The molecule has 1 unspecified atom stereocenters. The van der Waals surface area contributed by atoms with Crippen LogP contribution in [0.15, 0.2) is 24.3 Å². The van der Waals surface area contributed by atoms with Gasteiger partial charge < -0.3 is 10.8 Å². The van der Waals surface area contributed by atoms with Crippen molar-refractivity contribution in [3.05, 3.63) is 35.4 Å². The van der Waals surface area contributed by atoms with Crippen LogP contribution in [0.3, 0.4) is 0 Å². The molecule has 0 amide bonds. The molecular weight excluding hydrogens is 178 g/mol. The van der Waals surface area contributed by atoms with Gasteiger partial charge in [-0.05, 0) is 37.5 Å². The third kappa shape index (κ3) is 3.18. The molecule has 0 radical (unpaired) electrons. The molecule has 3 nitrogen and oxygen atoms in total. The molecule has 1 rings (SSSR count). The molecule has 0 heterocycles. The highest BCUT2D eigenvalue weighted by molar-refractivity contribution is 5.87. The topological polar surface area (TPSA) is 63.3 Å². The third-order valence-corrected chi connectivity index (χ3v) is 2.06. The molecule has 0 saturated carbocycles. The van der Waals surface area contributed by atoms with Crippen molar-refractivity contribution in [2.24, 2.45) is 5.73 Å². The summed E-state index contributed by atoms with van der Waals surface area (Å²) in [5.74, 6) is -0.882. The Hall–Kier alpha value is -1.35. The average molecular weight is 193 g/mol. The fourth-order valence-electron chi connectivity index (χ4n) is 1.25. The fraction of sp³-hybridized carbons (Fsp3) is 0.364. The van der Waals surface area contributed by atoms with Gasteiger partial charge in [0.2, 0.25) is 0 Å². The van der Waals surface area contributed by atoms with Crippen molar-refractivity contribution in [2.75, 3.05) is 0 Å². The van der Waals surface area contributed by atoms with E-state index in [1.807, 2.05) is 13.0 Å². The van der Waals surface area contributed by atoms with Crippen molar-refractivity contribution < 1.29 is 9.90 Å². The van der Waals surface area contributed by atoms with Gasteiger partial charge in [-0.15, -0.1) is 0 Å². The lowest BCUT2D eigenvalue weighted by Gasteiger charge is -2.05. The molecule has 0 aliphatic heterocycles. The van der Waals surface area contributed by atoms with E-state index in [9.17, 15) is 4.79 Å². The number of rotatable bonds is 4. The van der Waals surface area contributed by atoms with Crippen molar-refractivity contribution in [1.29, 1.82) is 0 Å². The summed E-state index contributed by atoms with van der Waals surface area (Å²) in [5.41, 5.74) is 6.99. The summed E-state index contributed by atoms with van der Waals surface area (Å²) in [5, 5.41) is 8.76. The second-order valence-electron chi connectivity index (χ2n) is 3.52. The van der Waals surface area contributed by atoms with E-state index in [0.29, 0.717) is 5.56 Å². The Morgan fingerprint density at radius 2 is 2.29 bits per heavy atom. The van der Waals surface area contributed by atoms with E-state index in [4.69, 9.17) is 10.8 Å². The number of carbonyl (C=O) groups is 1. The van der Waals surface area contributed by atoms with Crippen LogP contribution in [0.1, 0.15) is 29.3 Å². The van der Waals surface area contributed by atoms with Gasteiger partial charge in [0.05, 0.1) is 5.56 Å². The molecule has 0 aromatic heterocycles. The Bertz CT molecular complexity index is 321. The van der Waals surface area contributed by atoms with Crippen LogP contribution in [0, 0.1) is 0 Å². The molecule has 3 heteroatoms. The number of hydrogen-bond donors (Lipinski definition) is 2. The maximum Gasteiger partial charge on any atom is 0.335 e. The zero-order valence-corrected chi connectivity index (χ0v) is 8.23. The molecule has 0 aliphatic rings. The van der Waals surface area contributed by atoms with Crippen LogP contribution in [-0.4, -0.2) is 17.1 Å². The van der Waals surface area contributed by atoms with Crippen LogP contribution in [0.5, 0.6) is 0 Å². The number of nitrogens with two attached hydrogens (primary N) is 1. The predicted octanol–water partition coefficient (Wildman–Crippen LogP) is 1.66. The first-order valence-corrected chi connectivity index (χ1v) is 4.67. The minimum atomic E-state index is -0.882. The first-order chi connectivity index (χ1) is 6.59. The van der Waals surface area contributed by atoms with Gasteiger partial charge in [-0.3, -0.25) is 0 Å².